The summed E-state index contributed by atoms with van der Waals surface area (Å²) in [6, 6.07) is 11.0. The number of rotatable bonds is 7. The standard InChI is InChI=1S/C18H24N4O3.HI/c1-13(12-24-3)21-18(19-2)20-11-14-6-4-7-15(10-14)22-17(23)16-8-5-9-25-16;/h4-10,13H,11-12H2,1-3H3,(H,22,23)(H2,19,20,21);1H. The highest BCUT2D eigenvalue weighted by atomic mass is 127. The highest BCUT2D eigenvalue weighted by Gasteiger charge is 2.09. The predicted molar refractivity (Wildman–Crippen MR) is 113 cm³/mol. The fourth-order valence-electron chi connectivity index (χ4n) is 2.26. The second kappa shape index (κ2) is 11.5. The first-order chi connectivity index (χ1) is 12.1. The van der Waals surface area contributed by atoms with Gasteiger partial charge in [0.1, 0.15) is 0 Å². The van der Waals surface area contributed by atoms with Crippen molar-refractivity contribution in [3.05, 3.63) is 54.0 Å². The van der Waals surface area contributed by atoms with E-state index < -0.39 is 0 Å². The maximum absolute atomic E-state index is 12.0. The summed E-state index contributed by atoms with van der Waals surface area (Å²) < 4.78 is 10.2. The molecule has 0 aliphatic carbocycles. The van der Waals surface area contributed by atoms with E-state index >= 15 is 0 Å². The number of benzene rings is 1. The van der Waals surface area contributed by atoms with Crippen LogP contribution in [0.3, 0.4) is 0 Å². The third-order valence-corrected chi connectivity index (χ3v) is 3.41. The van der Waals surface area contributed by atoms with E-state index in [9.17, 15) is 4.79 Å². The van der Waals surface area contributed by atoms with Gasteiger partial charge in [0.15, 0.2) is 11.7 Å². The number of ether oxygens (including phenoxy) is 1. The molecule has 7 nitrogen and oxygen atoms in total. The first kappa shape index (κ1) is 22.0. The number of nitrogens with one attached hydrogen (secondary N) is 3. The highest BCUT2D eigenvalue weighted by molar-refractivity contribution is 14.0. The van der Waals surface area contributed by atoms with Crippen molar-refractivity contribution in [1.82, 2.24) is 10.6 Å². The van der Waals surface area contributed by atoms with Crippen LogP contribution in [-0.4, -0.2) is 38.7 Å². The number of hydrogen-bond acceptors (Lipinski definition) is 4. The molecule has 1 heterocycles. The monoisotopic (exact) mass is 472 g/mol. The molecule has 1 atom stereocenters. The molecule has 0 spiro atoms. The number of furan rings is 1. The van der Waals surface area contributed by atoms with Crippen LogP contribution >= 0.6 is 24.0 Å². The molecule has 26 heavy (non-hydrogen) atoms. The SMILES string of the molecule is CN=C(NCc1cccc(NC(=O)c2ccco2)c1)NC(C)COC.I. The highest BCUT2D eigenvalue weighted by Crippen LogP contribution is 2.12. The van der Waals surface area contributed by atoms with Crippen molar-refractivity contribution in [2.24, 2.45) is 4.99 Å². The van der Waals surface area contributed by atoms with Gasteiger partial charge in [-0.3, -0.25) is 9.79 Å². The molecule has 0 aliphatic heterocycles. The molecular weight excluding hydrogens is 447 g/mol. The second-order valence-corrected chi connectivity index (χ2v) is 5.56. The number of aliphatic imine (C=N–C) groups is 1. The number of halogens is 1. The lowest BCUT2D eigenvalue weighted by Crippen LogP contribution is -2.43. The molecule has 3 N–H and O–H groups in total. The summed E-state index contributed by atoms with van der Waals surface area (Å²) in [4.78, 5) is 16.2. The fourth-order valence-corrected chi connectivity index (χ4v) is 2.26. The van der Waals surface area contributed by atoms with E-state index in [4.69, 9.17) is 9.15 Å². The number of nitrogens with zero attached hydrogens (tertiary/aromatic N) is 1. The maximum atomic E-state index is 12.0. The smallest absolute Gasteiger partial charge is 0.291 e. The maximum Gasteiger partial charge on any atom is 0.291 e. The topological polar surface area (TPSA) is 87.9 Å². The van der Waals surface area contributed by atoms with Gasteiger partial charge in [-0.05, 0) is 36.8 Å². The Kier molecular flexibility index (Phi) is 9.74. The Hall–Kier alpha value is -2.07. The molecule has 1 amide bonds. The summed E-state index contributed by atoms with van der Waals surface area (Å²) in [6.07, 6.45) is 1.47. The molecule has 1 aromatic carbocycles. The zero-order valence-electron chi connectivity index (χ0n) is 15.1. The predicted octanol–water partition coefficient (Wildman–Crippen LogP) is 2.85. The van der Waals surface area contributed by atoms with Crippen LogP contribution in [0.15, 0.2) is 52.1 Å². The Balaban J connectivity index is 0.00000338. The molecule has 1 aromatic heterocycles. The van der Waals surface area contributed by atoms with Gasteiger partial charge >= 0.3 is 0 Å². The molecule has 0 fully saturated rings. The quantitative estimate of drug-likeness (QED) is 0.328. The summed E-state index contributed by atoms with van der Waals surface area (Å²) in [6.45, 7) is 3.18. The molecule has 2 rings (SSSR count). The summed E-state index contributed by atoms with van der Waals surface area (Å²) in [5, 5.41) is 9.28. The average Bonchev–Trinajstić information content (AvgIpc) is 3.14. The largest absolute Gasteiger partial charge is 0.459 e. The number of guanidine groups is 1. The Morgan fingerprint density at radius 3 is 2.77 bits per heavy atom. The number of carbonyl (C=O) groups is 1. The van der Waals surface area contributed by atoms with Crippen molar-refractivity contribution in [2.45, 2.75) is 19.5 Å². The van der Waals surface area contributed by atoms with Crippen LogP contribution in [0, 0.1) is 0 Å². The Labute approximate surface area is 170 Å². The fraction of sp³-hybridized carbons (Fsp3) is 0.333. The van der Waals surface area contributed by atoms with Crippen molar-refractivity contribution in [3.8, 4) is 0 Å². The Bertz CT molecular complexity index is 704. The van der Waals surface area contributed by atoms with E-state index in [2.05, 4.69) is 20.9 Å². The van der Waals surface area contributed by atoms with E-state index in [-0.39, 0.29) is 41.7 Å². The Morgan fingerprint density at radius 1 is 1.31 bits per heavy atom. The molecule has 0 bridgehead atoms. The van der Waals surface area contributed by atoms with E-state index in [0.29, 0.717) is 24.8 Å². The van der Waals surface area contributed by atoms with Crippen molar-refractivity contribution in [2.75, 3.05) is 26.1 Å². The second-order valence-electron chi connectivity index (χ2n) is 5.56. The van der Waals surface area contributed by atoms with Crippen molar-refractivity contribution < 1.29 is 13.9 Å². The first-order valence-electron chi connectivity index (χ1n) is 8.02. The van der Waals surface area contributed by atoms with Crippen molar-refractivity contribution >= 4 is 41.5 Å². The van der Waals surface area contributed by atoms with Gasteiger partial charge in [0.25, 0.3) is 5.91 Å². The third kappa shape index (κ3) is 7.04. The van der Waals surface area contributed by atoms with Gasteiger partial charge < -0.3 is 25.1 Å². The van der Waals surface area contributed by atoms with Gasteiger partial charge in [-0.15, -0.1) is 24.0 Å². The van der Waals surface area contributed by atoms with Gasteiger partial charge in [-0.1, -0.05) is 12.1 Å². The van der Waals surface area contributed by atoms with E-state index in [1.54, 1.807) is 26.3 Å². The molecule has 0 radical (unpaired) electrons. The first-order valence-corrected chi connectivity index (χ1v) is 8.02. The van der Waals surface area contributed by atoms with Gasteiger partial charge in [0.2, 0.25) is 0 Å². The number of methoxy groups -OCH3 is 1. The van der Waals surface area contributed by atoms with E-state index in [0.717, 1.165) is 5.56 Å². The van der Waals surface area contributed by atoms with Crippen molar-refractivity contribution in [1.29, 1.82) is 0 Å². The molecular formula is C18H25IN4O3. The van der Waals surface area contributed by atoms with Crippen LogP contribution in [0.5, 0.6) is 0 Å². The zero-order chi connectivity index (χ0) is 18.1. The summed E-state index contributed by atoms with van der Waals surface area (Å²) in [5.41, 5.74) is 1.72. The van der Waals surface area contributed by atoms with Crippen LogP contribution in [0.25, 0.3) is 0 Å². The summed E-state index contributed by atoms with van der Waals surface area (Å²) >= 11 is 0. The lowest BCUT2D eigenvalue weighted by atomic mass is 10.2. The lowest BCUT2D eigenvalue weighted by molar-refractivity contribution is 0.0996. The van der Waals surface area contributed by atoms with Gasteiger partial charge in [-0.2, -0.15) is 0 Å². The summed E-state index contributed by atoms with van der Waals surface area (Å²) in [5.74, 6) is 0.691. The average molecular weight is 472 g/mol. The van der Waals surface area contributed by atoms with Crippen LogP contribution in [-0.2, 0) is 11.3 Å². The molecule has 8 heteroatoms. The van der Waals surface area contributed by atoms with Gasteiger partial charge in [-0.25, -0.2) is 0 Å². The lowest BCUT2D eigenvalue weighted by Gasteiger charge is -2.17. The van der Waals surface area contributed by atoms with E-state index in [1.165, 1.54) is 6.26 Å². The number of anilines is 1. The number of hydrogen-bond donors (Lipinski definition) is 3. The molecule has 2 aromatic rings. The third-order valence-electron chi connectivity index (χ3n) is 3.41. The molecule has 0 aliphatic rings. The zero-order valence-corrected chi connectivity index (χ0v) is 17.4. The Morgan fingerprint density at radius 2 is 2.12 bits per heavy atom. The van der Waals surface area contributed by atoms with Crippen LogP contribution in [0.2, 0.25) is 0 Å². The van der Waals surface area contributed by atoms with Crippen molar-refractivity contribution in [3.63, 3.8) is 0 Å². The van der Waals surface area contributed by atoms with Gasteiger partial charge in [0.05, 0.1) is 12.9 Å². The van der Waals surface area contributed by atoms with E-state index in [1.807, 2.05) is 31.2 Å². The van der Waals surface area contributed by atoms with Crippen LogP contribution < -0.4 is 16.0 Å². The summed E-state index contributed by atoms with van der Waals surface area (Å²) in [7, 11) is 3.38. The normalized spacial score (nSPS) is 12.0. The number of carbonyl (C=O) groups excluding carboxylic acids is 1. The minimum atomic E-state index is -0.277. The van der Waals surface area contributed by atoms with Gasteiger partial charge in [0, 0.05) is 32.4 Å². The van der Waals surface area contributed by atoms with Crippen LogP contribution in [0.1, 0.15) is 23.0 Å². The molecule has 0 saturated carbocycles. The van der Waals surface area contributed by atoms with Crippen LogP contribution in [0.4, 0.5) is 5.69 Å². The molecule has 142 valence electrons. The molecule has 0 saturated heterocycles. The number of amides is 1. The minimum absolute atomic E-state index is 0. The molecule has 1 unspecified atom stereocenters. The minimum Gasteiger partial charge on any atom is -0.459 e.